The lowest BCUT2D eigenvalue weighted by Crippen LogP contribution is -2.37. The van der Waals surface area contributed by atoms with Gasteiger partial charge in [0, 0.05) is 38.7 Å². The Kier molecular flexibility index (Phi) is 10.1. The van der Waals surface area contributed by atoms with Crippen molar-refractivity contribution in [3.8, 4) is 0 Å². The van der Waals surface area contributed by atoms with E-state index in [9.17, 15) is 32.7 Å². The van der Waals surface area contributed by atoms with E-state index in [1.54, 1.807) is 11.4 Å². The number of rotatable bonds is 12. The molecule has 1 aliphatic heterocycles. The number of halogens is 3. The van der Waals surface area contributed by atoms with Crippen molar-refractivity contribution in [1.82, 2.24) is 20.2 Å². The van der Waals surface area contributed by atoms with E-state index in [0.29, 0.717) is 31.6 Å². The number of aromatic nitrogens is 2. The summed E-state index contributed by atoms with van der Waals surface area (Å²) in [4.78, 5) is 38.5. The SMILES string of the molecule is O=C(CCCCCNC(=O)C(F)(F)F)NCCNc1ccn([C@H]2C[C@H](O)[C@@H](CO)O2)c(=O)n1. The van der Waals surface area contributed by atoms with Crippen molar-refractivity contribution in [3.05, 3.63) is 22.7 Å². The molecule has 1 aromatic rings. The van der Waals surface area contributed by atoms with Gasteiger partial charge in [0.1, 0.15) is 18.1 Å². The van der Waals surface area contributed by atoms with Gasteiger partial charge in [0.15, 0.2) is 0 Å². The largest absolute Gasteiger partial charge is 0.471 e. The van der Waals surface area contributed by atoms with E-state index in [1.807, 2.05) is 0 Å². The molecule has 3 atom stereocenters. The zero-order valence-corrected chi connectivity index (χ0v) is 17.8. The van der Waals surface area contributed by atoms with Gasteiger partial charge in [0.05, 0.1) is 12.7 Å². The number of carbonyl (C=O) groups is 2. The van der Waals surface area contributed by atoms with Gasteiger partial charge in [-0.15, -0.1) is 0 Å². The number of alkyl halides is 3. The number of nitrogens with one attached hydrogen (secondary N) is 3. The number of anilines is 1. The lowest BCUT2D eigenvalue weighted by Gasteiger charge is -2.15. The van der Waals surface area contributed by atoms with Gasteiger partial charge in [-0.25, -0.2) is 4.79 Å². The Labute approximate surface area is 187 Å². The van der Waals surface area contributed by atoms with E-state index in [1.165, 1.54) is 10.8 Å². The summed E-state index contributed by atoms with van der Waals surface area (Å²) >= 11 is 0. The first-order valence-electron chi connectivity index (χ1n) is 10.5. The van der Waals surface area contributed by atoms with Crippen LogP contribution in [-0.2, 0) is 14.3 Å². The van der Waals surface area contributed by atoms with Crippen molar-refractivity contribution in [2.45, 2.75) is 56.7 Å². The molecule has 33 heavy (non-hydrogen) atoms. The number of hydrogen-bond donors (Lipinski definition) is 5. The third-order valence-electron chi connectivity index (χ3n) is 4.90. The highest BCUT2D eigenvalue weighted by atomic mass is 19.4. The molecular weight excluding hydrogens is 451 g/mol. The van der Waals surface area contributed by atoms with E-state index in [4.69, 9.17) is 9.84 Å². The minimum absolute atomic E-state index is 0.106. The maximum absolute atomic E-state index is 12.2. The van der Waals surface area contributed by atoms with Crippen LogP contribution in [0.25, 0.3) is 0 Å². The maximum Gasteiger partial charge on any atom is 0.471 e. The minimum Gasteiger partial charge on any atom is -0.394 e. The summed E-state index contributed by atoms with van der Waals surface area (Å²) < 4.78 is 42.7. The summed E-state index contributed by atoms with van der Waals surface area (Å²) in [6.45, 7) is 0.106. The number of aliphatic hydroxyl groups is 2. The zero-order valence-electron chi connectivity index (χ0n) is 17.8. The summed E-state index contributed by atoms with van der Waals surface area (Å²) in [5, 5.41) is 26.2. The van der Waals surface area contributed by atoms with E-state index in [0.717, 1.165) is 0 Å². The molecule has 0 saturated carbocycles. The molecule has 2 heterocycles. The Morgan fingerprint density at radius 1 is 1.18 bits per heavy atom. The highest BCUT2D eigenvalue weighted by molar-refractivity contribution is 5.81. The topological polar surface area (TPSA) is 155 Å². The lowest BCUT2D eigenvalue weighted by atomic mass is 10.2. The van der Waals surface area contributed by atoms with Crippen molar-refractivity contribution in [1.29, 1.82) is 0 Å². The second-order valence-electron chi connectivity index (χ2n) is 7.46. The van der Waals surface area contributed by atoms with E-state index in [-0.39, 0.29) is 38.4 Å². The summed E-state index contributed by atoms with van der Waals surface area (Å²) in [6, 6.07) is 1.54. The van der Waals surface area contributed by atoms with E-state index < -0.39 is 36.2 Å². The van der Waals surface area contributed by atoms with Crippen LogP contribution >= 0.6 is 0 Å². The van der Waals surface area contributed by atoms with Crippen LogP contribution in [0.1, 0.15) is 38.3 Å². The smallest absolute Gasteiger partial charge is 0.394 e. The second-order valence-corrected chi connectivity index (χ2v) is 7.46. The molecule has 2 rings (SSSR count). The van der Waals surface area contributed by atoms with Gasteiger partial charge < -0.3 is 30.9 Å². The van der Waals surface area contributed by atoms with Crippen molar-refractivity contribution in [3.63, 3.8) is 0 Å². The molecule has 0 unspecified atom stereocenters. The van der Waals surface area contributed by atoms with Gasteiger partial charge >= 0.3 is 17.8 Å². The zero-order chi connectivity index (χ0) is 24.4. The van der Waals surface area contributed by atoms with Gasteiger partial charge in [-0.3, -0.25) is 14.2 Å². The summed E-state index contributed by atoms with van der Waals surface area (Å²) in [5.74, 6) is -1.90. The molecular formula is C19H28F3N5O6. The Morgan fingerprint density at radius 3 is 2.58 bits per heavy atom. The fourth-order valence-electron chi connectivity index (χ4n) is 3.15. The standard InChI is InChI=1S/C19H28F3N5O6/c20-19(21,22)17(31)25-6-3-1-2-4-15(30)24-8-7-23-14-5-9-27(18(32)26-14)16-10-12(29)13(11-28)33-16/h5,9,12-13,16,28-29H,1-4,6-8,10-11H2,(H,24,30)(H,25,31)(H,23,26,32)/t12-,13+,16+/m0/s1. The number of carbonyl (C=O) groups excluding carboxylic acids is 2. The van der Waals surface area contributed by atoms with Gasteiger partial charge in [-0.05, 0) is 18.9 Å². The molecule has 1 saturated heterocycles. The molecule has 0 bridgehead atoms. The van der Waals surface area contributed by atoms with Crippen LogP contribution in [-0.4, -0.2) is 76.2 Å². The molecule has 0 aliphatic carbocycles. The summed E-state index contributed by atoms with van der Waals surface area (Å²) in [6.07, 6.45) is -4.12. The summed E-state index contributed by atoms with van der Waals surface area (Å²) in [5.41, 5.74) is -0.591. The second kappa shape index (κ2) is 12.5. The highest BCUT2D eigenvalue weighted by Gasteiger charge is 2.38. The average molecular weight is 479 g/mol. The van der Waals surface area contributed by atoms with Crippen LogP contribution in [0.5, 0.6) is 0 Å². The fourth-order valence-corrected chi connectivity index (χ4v) is 3.15. The number of amides is 2. The van der Waals surface area contributed by atoms with Gasteiger partial charge in [0.2, 0.25) is 5.91 Å². The van der Waals surface area contributed by atoms with Gasteiger partial charge in [-0.2, -0.15) is 18.2 Å². The predicted molar refractivity (Wildman–Crippen MR) is 109 cm³/mol. The normalized spacial score (nSPS) is 20.5. The molecule has 11 nitrogen and oxygen atoms in total. The first kappa shape index (κ1) is 26.5. The Bertz CT molecular complexity index is 850. The van der Waals surface area contributed by atoms with Crippen LogP contribution in [0.4, 0.5) is 19.0 Å². The molecule has 1 aromatic heterocycles. The number of aliphatic hydroxyl groups excluding tert-OH is 2. The van der Waals surface area contributed by atoms with Crippen LogP contribution in [0.15, 0.2) is 17.1 Å². The molecule has 1 fully saturated rings. The quantitative estimate of drug-likeness (QED) is 0.255. The van der Waals surface area contributed by atoms with Crippen molar-refractivity contribution in [2.24, 2.45) is 0 Å². The lowest BCUT2D eigenvalue weighted by molar-refractivity contribution is -0.173. The van der Waals surface area contributed by atoms with Crippen LogP contribution in [0, 0.1) is 0 Å². The van der Waals surface area contributed by atoms with E-state index in [2.05, 4.69) is 15.6 Å². The molecule has 0 radical (unpaired) electrons. The van der Waals surface area contributed by atoms with Gasteiger partial charge in [0.25, 0.3) is 0 Å². The molecule has 186 valence electrons. The Morgan fingerprint density at radius 2 is 1.94 bits per heavy atom. The molecule has 0 spiro atoms. The molecule has 14 heteroatoms. The molecule has 5 N–H and O–H groups in total. The number of unbranched alkanes of at least 4 members (excludes halogenated alkanes) is 2. The first-order valence-corrected chi connectivity index (χ1v) is 10.5. The number of ether oxygens (including phenoxy) is 1. The Hall–Kier alpha value is -2.71. The van der Waals surface area contributed by atoms with Crippen LogP contribution in [0.2, 0.25) is 0 Å². The van der Waals surface area contributed by atoms with Crippen LogP contribution in [0.3, 0.4) is 0 Å². The Balaban J connectivity index is 1.59. The third kappa shape index (κ3) is 8.63. The molecule has 0 aromatic carbocycles. The van der Waals surface area contributed by atoms with Crippen LogP contribution < -0.4 is 21.6 Å². The van der Waals surface area contributed by atoms with Crippen molar-refractivity contribution < 1.29 is 37.7 Å². The first-order chi connectivity index (χ1) is 15.6. The summed E-state index contributed by atoms with van der Waals surface area (Å²) in [7, 11) is 0. The highest BCUT2D eigenvalue weighted by Crippen LogP contribution is 2.27. The molecule has 2 amide bonds. The van der Waals surface area contributed by atoms with Crippen molar-refractivity contribution >= 4 is 17.6 Å². The van der Waals surface area contributed by atoms with Gasteiger partial charge in [-0.1, -0.05) is 6.42 Å². The number of nitrogens with zero attached hydrogens (tertiary/aromatic N) is 2. The molecule has 1 aliphatic rings. The third-order valence-corrected chi connectivity index (χ3v) is 4.90. The van der Waals surface area contributed by atoms with Crippen molar-refractivity contribution in [2.75, 3.05) is 31.6 Å². The fraction of sp³-hybridized carbons (Fsp3) is 0.684. The number of hydrogen-bond acceptors (Lipinski definition) is 8. The monoisotopic (exact) mass is 479 g/mol. The minimum atomic E-state index is -4.89. The van der Waals surface area contributed by atoms with E-state index >= 15 is 0 Å². The average Bonchev–Trinajstić information content (AvgIpc) is 3.13. The maximum atomic E-state index is 12.2. The predicted octanol–water partition coefficient (Wildman–Crippen LogP) is -0.349.